The second-order valence-corrected chi connectivity index (χ2v) is 3.87. The molecular formula is C14H18N2O2. The number of terminal acetylenes is 1. The second-order valence-electron chi connectivity index (χ2n) is 3.87. The monoisotopic (exact) mass is 246 g/mol. The molecule has 2 N–H and O–H groups in total. The molecule has 0 saturated carbocycles. The van der Waals surface area contributed by atoms with Gasteiger partial charge in [0, 0.05) is 0 Å². The smallest absolute Gasteiger partial charge is 0.234 e. The molecule has 0 aromatic heterocycles. The van der Waals surface area contributed by atoms with E-state index in [0.717, 1.165) is 11.3 Å². The topological polar surface area (TPSA) is 50.4 Å². The summed E-state index contributed by atoms with van der Waals surface area (Å²) in [6, 6.07) is 7.55. The summed E-state index contributed by atoms with van der Waals surface area (Å²) in [5.41, 5.74) is 1.03. The summed E-state index contributed by atoms with van der Waals surface area (Å²) in [7, 11) is 1.62. The zero-order chi connectivity index (χ0) is 13.4. The zero-order valence-corrected chi connectivity index (χ0v) is 10.7. The number of carbonyl (C=O) groups is 1. The van der Waals surface area contributed by atoms with Crippen molar-refractivity contribution < 1.29 is 9.53 Å². The molecule has 0 radical (unpaired) electrons. The van der Waals surface area contributed by atoms with Gasteiger partial charge in [0.1, 0.15) is 5.75 Å². The molecule has 0 fully saturated rings. The summed E-state index contributed by atoms with van der Waals surface area (Å²) >= 11 is 0. The molecule has 1 atom stereocenters. The number of hydrogen-bond donors (Lipinski definition) is 2. The Balaban J connectivity index is 2.46. The molecule has 0 heterocycles. The molecule has 1 unspecified atom stereocenters. The lowest BCUT2D eigenvalue weighted by Crippen LogP contribution is -2.35. The average molecular weight is 246 g/mol. The van der Waals surface area contributed by atoms with E-state index in [9.17, 15) is 4.79 Å². The van der Waals surface area contributed by atoms with E-state index in [1.54, 1.807) is 7.11 Å². The minimum absolute atomic E-state index is 0.0453. The lowest BCUT2D eigenvalue weighted by atomic mass is 10.1. The molecule has 1 rings (SSSR count). The lowest BCUT2D eigenvalue weighted by Gasteiger charge is -2.14. The van der Waals surface area contributed by atoms with E-state index >= 15 is 0 Å². The third kappa shape index (κ3) is 4.48. The van der Waals surface area contributed by atoms with Crippen LogP contribution in [0.1, 0.15) is 18.5 Å². The van der Waals surface area contributed by atoms with Crippen molar-refractivity contribution in [3.8, 4) is 18.1 Å². The van der Waals surface area contributed by atoms with E-state index in [2.05, 4.69) is 16.6 Å². The van der Waals surface area contributed by atoms with Crippen molar-refractivity contribution in [3.05, 3.63) is 29.8 Å². The summed E-state index contributed by atoms with van der Waals surface area (Å²) in [6.07, 6.45) is 5.08. The Hall–Kier alpha value is -1.99. The molecule has 1 amide bonds. The van der Waals surface area contributed by atoms with Crippen LogP contribution in [0.25, 0.3) is 0 Å². The van der Waals surface area contributed by atoms with Crippen molar-refractivity contribution in [3.63, 3.8) is 0 Å². The normalized spacial score (nSPS) is 11.4. The van der Waals surface area contributed by atoms with Gasteiger partial charge in [0.15, 0.2) is 0 Å². The highest BCUT2D eigenvalue weighted by molar-refractivity contribution is 5.78. The van der Waals surface area contributed by atoms with Crippen molar-refractivity contribution in [2.45, 2.75) is 13.0 Å². The predicted molar refractivity (Wildman–Crippen MR) is 71.3 cm³/mol. The Morgan fingerprint density at radius 3 is 2.67 bits per heavy atom. The summed E-state index contributed by atoms with van der Waals surface area (Å²) in [5.74, 6) is 3.14. The number of methoxy groups -OCH3 is 1. The SMILES string of the molecule is C#CCNCC(=O)NC(C)c1ccc(OC)cc1. The number of rotatable bonds is 6. The Labute approximate surface area is 108 Å². The Morgan fingerprint density at radius 2 is 2.11 bits per heavy atom. The maximum Gasteiger partial charge on any atom is 0.234 e. The third-order valence-electron chi connectivity index (χ3n) is 2.51. The second kappa shape index (κ2) is 7.36. The quantitative estimate of drug-likeness (QED) is 0.583. The zero-order valence-electron chi connectivity index (χ0n) is 10.7. The van der Waals surface area contributed by atoms with Crippen molar-refractivity contribution >= 4 is 5.91 Å². The van der Waals surface area contributed by atoms with Crippen molar-refractivity contribution in [2.24, 2.45) is 0 Å². The fourth-order valence-corrected chi connectivity index (χ4v) is 1.52. The van der Waals surface area contributed by atoms with Gasteiger partial charge < -0.3 is 10.1 Å². The van der Waals surface area contributed by atoms with Crippen molar-refractivity contribution in [1.29, 1.82) is 0 Å². The largest absolute Gasteiger partial charge is 0.497 e. The van der Waals surface area contributed by atoms with Gasteiger partial charge in [-0.3, -0.25) is 10.1 Å². The molecule has 0 saturated heterocycles. The predicted octanol–water partition coefficient (Wildman–Crippen LogP) is 1.10. The van der Waals surface area contributed by atoms with Gasteiger partial charge in [-0.2, -0.15) is 0 Å². The lowest BCUT2D eigenvalue weighted by molar-refractivity contribution is -0.120. The first kappa shape index (κ1) is 14.1. The van der Waals surface area contributed by atoms with Gasteiger partial charge in [-0.15, -0.1) is 6.42 Å². The first-order valence-corrected chi connectivity index (χ1v) is 5.75. The van der Waals surface area contributed by atoms with E-state index in [0.29, 0.717) is 6.54 Å². The Kier molecular flexibility index (Phi) is 5.75. The average Bonchev–Trinajstić information content (AvgIpc) is 2.39. The van der Waals surface area contributed by atoms with Crippen LogP contribution in [0.4, 0.5) is 0 Å². The van der Waals surface area contributed by atoms with Crippen LogP contribution < -0.4 is 15.4 Å². The minimum atomic E-state index is -0.0754. The van der Waals surface area contributed by atoms with Crippen molar-refractivity contribution in [2.75, 3.05) is 20.2 Å². The van der Waals surface area contributed by atoms with Crippen LogP contribution in [0.2, 0.25) is 0 Å². The van der Waals surface area contributed by atoms with Gasteiger partial charge in [-0.1, -0.05) is 18.1 Å². The highest BCUT2D eigenvalue weighted by Crippen LogP contribution is 2.16. The molecule has 0 spiro atoms. The van der Waals surface area contributed by atoms with Gasteiger partial charge >= 0.3 is 0 Å². The molecule has 0 aliphatic carbocycles. The van der Waals surface area contributed by atoms with Crippen LogP contribution in [0.3, 0.4) is 0 Å². The molecule has 1 aromatic rings. The summed E-state index contributed by atoms with van der Waals surface area (Å²) in [4.78, 5) is 11.6. The molecule has 1 aromatic carbocycles. The Morgan fingerprint density at radius 1 is 1.44 bits per heavy atom. The number of carbonyl (C=O) groups excluding carboxylic acids is 1. The van der Waals surface area contributed by atoms with Gasteiger partial charge in [0.2, 0.25) is 5.91 Å². The van der Waals surface area contributed by atoms with Crippen LogP contribution in [0.5, 0.6) is 5.75 Å². The summed E-state index contributed by atoms with van der Waals surface area (Å²) in [6.45, 7) is 2.55. The van der Waals surface area contributed by atoms with E-state index in [1.165, 1.54) is 0 Å². The van der Waals surface area contributed by atoms with E-state index in [1.807, 2.05) is 31.2 Å². The van der Waals surface area contributed by atoms with E-state index in [-0.39, 0.29) is 18.5 Å². The molecule has 0 bridgehead atoms. The molecule has 18 heavy (non-hydrogen) atoms. The summed E-state index contributed by atoms with van der Waals surface area (Å²) < 4.78 is 5.08. The van der Waals surface area contributed by atoms with Gasteiger partial charge in [0.05, 0.1) is 26.2 Å². The Bertz CT molecular complexity index is 420. The van der Waals surface area contributed by atoms with Gasteiger partial charge in [0.25, 0.3) is 0 Å². The highest BCUT2D eigenvalue weighted by atomic mass is 16.5. The molecule has 4 nitrogen and oxygen atoms in total. The molecule has 96 valence electrons. The van der Waals surface area contributed by atoms with E-state index < -0.39 is 0 Å². The van der Waals surface area contributed by atoms with Gasteiger partial charge in [-0.05, 0) is 24.6 Å². The third-order valence-corrected chi connectivity index (χ3v) is 2.51. The molecular weight excluding hydrogens is 228 g/mol. The van der Waals surface area contributed by atoms with Crippen molar-refractivity contribution in [1.82, 2.24) is 10.6 Å². The molecule has 0 aliphatic rings. The first-order valence-electron chi connectivity index (χ1n) is 5.75. The van der Waals surface area contributed by atoms with Crippen LogP contribution in [0, 0.1) is 12.3 Å². The fourth-order valence-electron chi connectivity index (χ4n) is 1.52. The molecule has 4 heteroatoms. The fraction of sp³-hybridized carbons (Fsp3) is 0.357. The van der Waals surface area contributed by atoms with E-state index in [4.69, 9.17) is 11.2 Å². The number of nitrogens with one attached hydrogen (secondary N) is 2. The standard InChI is InChI=1S/C14H18N2O2/c1-4-9-15-10-14(17)16-11(2)12-5-7-13(18-3)8-6-12/h1,5-8,11,15H,9-10H2,2-3H3,(H,16,17). The maximum atomic E-state index is 11.6. The minimum Gasteiger partial charge on any atom is -0.497 e. The van der Waals surface area contributed by atoms with Gasteiger partial charge in [-0.25, -0.2) is 0 Å². The van der Waals surface area contributed by atoms with Crippen LogP contribution >= 0.6 is 0 Å². The molecule has 0 aliphatic heterocycles. The highest BCUT2D eigenvalue weighted by Gasteiger charge is 2.08. The van der Waals surface area contributed by atoms with Crippen LogP contribution in [-0.4, -0.2) is 26.1 Å². The number of benzene rings is 1. The number of hydrogen-bond acceptors (Lipinski definition) is 3. The summed E-state index contributed by atoms with van der Waals surface area (Å²) in [5, 5.41) is 5.72. The number of ether oxygens (including phenoxy) is 1. The van der Waals surface area contributed by atoms with Crippen LogP contribution in [0.15, 0.2) is 24.3 Å². The van der Waals surface area contributed by atoms with Crippen LogP contribution in [-0.2, 0) is 4.79 Å². The number of amides is 1. The first-order chi connectivity index (χ1) is 8.67. The maximum absolute atomic E-state index is 11.6.